The van der Waals surface area contributed by atoms with Crippen LogP contribution in [0.3, 0.4) is 0 Å². The van der Waals surface area contributed by atoms with Gasteiger partial charge in [-0.1, -0.05) is 31.9 Å². The van der Waals surface area contributed by atoms with E-state index in [2.05, 4.69) is 16.9 Å². The molecule has 1 N–H and O–H groups in total. The molecular weight excluding hydrogens is 382 g/mol. The first-order chi connectivity index (χ1) is 14.5. The van der Waals surface area contributed by atoms with Gasteiger partial charge in [0, 0.05) is 29.8 Å². The Labute approximate surface area is 172 Å². The molecule has 1 saturated carbocycles. The Morgan fingerprint density at radius 3 is 2.90 bits per heavy atom. The van der Waals surface area contributed by atoms with Crippen LogP contribution in [0.4, 0.5) is 5.69 Å². The topological polar surface area (TPSA) is 98.8 Å². The largest absolute Gasteiger partial charge is 0.346 e. The van der Waals surface area contributed by atoms with Crippen molar-refractivity contribution in [1.82, 2.24) is 19.1 Å². The van der Waals surface area contributed by atoms with Crippen molar-refractivity contribution >= 4 is 27.8 Å². The number of aromatic nitrogens is 4. The number of hydrogen-bond donors (Lipinski definition) is 1. The lowest BCUT2D eigenvalue weighted by Gasteiger charge is -2.29. The number of aromatic amines is 1. The summed E-state index contributed by atoms with van der Waals surface area (Å²) < 4.78 is 3.66. The summed E-state index contributed by atoms with van der Waals surface area (Å²) in [6.07, 6.45) is 7.96. The molecule has 3 heterocycles. The number of rotatable bonds is 4. The number of nitrogens with one attached hydrogen (secondary N) is 1. The van der Waals surface area contributed by atoms with Crippen molar-refractivity contribution in [2.45, 2.75) is 45.2 Å². The fraction of sp³-hybridized carbons (Fsp3) is 0.364. The quantitative estimate of drug-likeness (QED) is 0.402. The van der Waals surface area contributed by atoms with Crippen LogP contribution in [0.2, 0.25) is 0 Å². The molecule has 0 radical (unpaired) electrons. The third-order valence-electron chi connectivity index (χ3n) is 6.37. The molecule has 30 heavy (non-hydrogen) atoms. The number of nitro benzene ring substituents is 1. The Bertz CT molecular complexity index is 1320. The van der Waals surface area contributed by atoms with Gasteiger partial charge in [0.2, 0.25) is 0 Å². The van der Waals surface area contributed by atoms with Gasteiger partial charge in [-0.25, -0.2) is 9.78 Å². The van der Waals surface area contributed by atoms with Crippen LogP contribution in [0, 0.1) is 16.0 Å². The maximum Gasteiger partial charge on any atom is 0.329 e. The van der Waals surface area contributed by atoms with Gasteiger partial charge in [-0.3, -0.25) is 19.2 Å². The highest BCUT2D eigenvalue weighted by Gasteiger charge is 2.29. The maximum atomic E-state index is 13.7. The average Bonchev–Trinajstić information content (AvgIpc) is 3.32. The predicted molar refractivity (Wildman–Crippen MR) is 115 cm³/mol. The minimum atomic E-state index is -0.413. The van der Waals surface area contributed by atoms with Crippen molar-refractivity contribution in [3.05, 3.63) is 68.9 Å². The molecular formula is C22H23N5O3. The molecule has 5 rings (SSSR count). The molecule has 0 saturated heterocycles. The monoisotopic (exact) mass is 405 g/mol. The SMILES string of the molecule is C[C@@H]1CCCC[C@@H]1n1c(=O)n(Cc2cccc([N+](=O)[O-])c2)c2cnc3[nH]ccc3c21. The highest BCUT2D eigenvalue weighted by molar-refractivity contribution is 6.01. The number of non-ortho nitro benzene ring substituents is 1. The molecule has 0 spiro atoms. The van der Waals surface area contributed by atoms with E-state index in [1.807, 2.05) is 22.9 Å². The molecule has 1 aliphatic rings. The first-order valence-electron chi connectivity index (χ1n) is 10.3. The minimum Gasteiger partial charge on any atom is -0.346 e. The van der Waals surface area contributed by atoms with Crippen LogP contribution in [0.25, 0.3) is 22.1 Å². The molecule has 1 aromatic carbocycles. The second kappa shape index (κ2) is 7.12. The van der Waals surface area contributed by atoms with Crippen LogP contribution in [0.1, 0.15) is 44.2 Å². The van der Waals surface area contributed by atoms with E-state index in [9.17, 15) is 14.9 Å². The molecule has 3 aromatic heterocycles. The third-order valence-corrected chi connectivity index (χ3v) is 6.37. The van der Waals surface area contributed by atoms with Gasteiger partial charge in [0.05, 0.1) is 28.7 Å². The van der Waals surface area contributed by atoms with Crippen molar-refractivity contribution in [3.63, 3.8) is 0 Å². The third kappa shape index (κ3) is 2.91. The van der Waals surface area contributed by atoms with E-state index in [-0.39, 0.29) is 24.0 Å². The zero-order chi connectivity index (χ0) is 20.8. The number of fused-ring (bicyclic) bond motifs is 3. The molecule has 0 amide bonds. The van der Waals surface area contributed by atoms with Crippen molar-refractivity contribution in [2.75, 3.05) is 0 Å². The first kappa shape index (κ1) is 18.6. The lowest BCUT2D eigenvalue weighted by Crippen LogP contribution is -2.32. The molecule has 0 bridgehead atoms. The summed E-state index contributed by atoms with van der Waals surface area (Å²) in [5, 5.41) is 12.1. The number of H-pyrrole nitrogens is 1. The van der Waals surface area contributed by atoms with Crippen molar-refractivity contribution in [1.29, 1.82) is 0 Å². The predicted octanol–water partition coefficient (Wildman–Crippen LogP) is 4.39. The van der Waals surface area contributed by atoms with Gasteiger partial charge in [0.1, 0.15) is 5.65 Å². The number of pyridine rings is 1. The summed E-state index contributed by atoms with van der Waals surface area (Å²) in [6.45, 7) is 2.48. The van der Waals surface area contributed by atoms with Gasteiger partial charge >= 0.3 is 5.69 Å². The number of nitrogens with zero attached hydrogens (tertiary/aromatic N) is 4. The smallest absolute Gasteiger partial charge is 0.329 e. The van der Waals surface area contributed by atoms with Gasteiger partial charge in [-0.2, -0.15) is 0 Å². The molecule has 8 heteroatoms. The molecule has 0 unspecified atom stereocenters. The van der Waals surface area contributed by atoms with Crippen molar-refractivity contribution in [2.24, 2.45) is 5.92 Å². The van der Waals surface area contributed by atoms with Crippen LogP contribution in [0.15, 0.2) is 47.5 Å². The van der Waals surface area contributed by atoms with Crippen LogP contribution < -0.4 is 5.69 Å². The zero-order valence-electron chi connectivity index (χ0n) is 16.7. The molecule has 4 aromatic rings. The van der Waals surface area contributed by atoms with Gasteiger partial charge in [0.25, 0.3) is 5.69 Å². The van der Waals surface area contributed by atoms with E-state index in [1.165, 1.54) is 18.6 Å². The Kier molecular flexibility index (Phi) is 4.42. The van der Waals surface area contributed by atoms with E-state index in [0.717, 1.165) is 46.9 Å². The molecule has 154 valence electrons. The number of hydrogen-bond acceptors (Lipinski definition) is 4. The van der Waals surface area contributed by atoms with E-state index < -0.39 is 4.92 Å². The van der Waals surface area contributed by atoms with E-state index in [4.69, 9.17) is 0 Å². The van der Waals surface area contributed by atoms with Crippen LogP contribution in [-0.4, -0.2) is 24.0 Å². The van der Waals surface area contributed by atoms with Crippen LogP contribution >= 0.6 is 0 Å². The lowest BCUT2D eigenvalue weighted by atomic mass is 9.85. The molecule has 2 atom stereocenters. The second-order valence-corrected chi connectivity index (χ2v) is 8.23. The summed E-state index contributed by atoms with van der Waals surface area (Å²) in [4.78, 5) is 32.1. The molecule has 1 aliphatic carbocycles. The number of imidazole rings is 1. The fourth-order valence-corrected chi connectivity index (χ4v) is 4.85. The normalized spacial score (nSPS) is 19.5. The Hall–Kier alpha value is -3.42. The first-order valence-corrected chi connectivity index (χ1v) is 10.3. The standard InChI is InChI=1S/C22H23N5O3/c1-14-5-2-3-8-18(14)26-20-17-9-10-23-21(17)24-12-19(20)25(22(26)28)13-15-6-4-7-16(11-15)27(29)30/h4,6-7,9-12,14,18H,2-3,5,8,13H2,1H3,(H,23,24)/t14-,18+/m1/s1. The lowest BCUT2D eigenvalue weighted by molar-refractivity contribution is -0.384. The second-order valence-electron chi connectivity index (χ2n) is 8.23. The summed E-state index contributed by atoms with van der Waals surface area (Å²) in [5.74, 6) is 0.412. The summed E-state index contributed by atoms with van der Waals surface area (Å²) >= 11 is 0. The van der Waals surface area contributed by atoms with Crippen molar-refractivity contribution < 1.29 is 4.92 Å². The van der Waals surface area contributed by atoms with E-state index >= 15 is 0 Å². The van der Waals surface area contributed by atoms with E-state index in [0.29, 0.717) is 5.92 Å². The summed E-state index contributed by atoms with van der Waals surface area (Å²) in [6, 6.07) is 8.56. The summed E-state index contributed by atoms with van der Waals surface area (Å²) in [7, 11) is 0. The van der Waals surface area contributed by atoms with Gasteiger partial charge in [-0.05, 0) is 30.4 Å². The average molecular weight is 405 g/mol. The fourth-order valence-electron chi connectivity index (χ4n) is 4.85. The Balaban J connectivity index is 1.73. The Morgan fingerprint density at radius 2 is 2.10 bits per heavy atom. The zero-order valence-corrected chi connectivity index (χ0v) is 16.7. The maximum absolute atomic E-state index is 13.7. The molecule has 8 nitrogen and oxygen atoms in total. The summed E-state index contributed by atoms with van der Waals surface area (Å²) in [5.41, 5.74) is 3.08. The molecule has 0 aliphatic heterocycles. The number of benzene rings is 1. The van der Waals surface area contributed by atoms with Gasteiger partial charge in [0.15, 0.2) is 0 Å². The van der Waals surface area contributed by atoms with Crippen LogP contribution in [0.5, 0.6) is 0 Å². The van der Waals surface area contributed by atoms with Crippen molar-refractivity contribution in [3.8, 4) is 0 Å². The molecule has 1 fully saturated rings. The number of nitro groups is 1. The highest BCUT2D eigenvalue weighted by atomic mass is 16.6. The Morgan fingerprint density at radius 1 is 1.27 bits per heavy atom. The van der Waals surface area contributed by atoms with E-state index in [1.54, 1.807) is 16.8 Å². The minimum absolute atomic E-state index is 0.0244. The highest BCUT2D eigenvalue weighted by Crippen LogP contribution is 2.36. The van der Waals surface area contributed by atoms with Gasteiger partial charge in [-0.15, -0.1) is 0 Å². The van der Waals surface area contributed by atoms with Gasteiger partial charge < -0.3 is 4.98 Å². The van der Waals surface area contributed by atoms with Crippen LogP contribution in [-0.2, 0) is 6.54 Å².